The lowest BCUT2D eigenvalue weighted by Gasteiger charge is -2.33. The minimum absolute atomic E-state index is 0.231. The zero-order chi connectivity index (χ0) is 21.5. The van der Waals surface area contributed by atoms with Crippen molar-refractivity contribution in [2.45, 2.75) is 51.6 Å². The lowest BCUT2D eigenvalue weighted by molar-refractivity contribution is -0.120. The molecule has 2 aliphatic heterocycles. The zero-order valence-electron chi connectivity index (χ0n) is 17.4. The van der Waals surface area contributed by atoms with Gasteiger partial charge in [0.15, 0.2) is 11.4 Å². The third-order valence-corrected chi connectivity index (χ3v) is 5.40. The fourth-order valence-electron chi connectivity index (χ4n) is 3.88. The number of nitrogens with zero attached hydrogens (tertiary/aromatic N) is 3. The molecule has 4 rings (SSSR count). The van der Waals surface area contributed by atoms with Crippen molar-refractivity contribution in [2.24, 2.45) is 0 Å². The van der Waals surface area contributed by atoms with Gasteiger partial charge in [-0.2, -0.15) is 0 Å². The summed E-state index contributed by atoms with van der Waals surface area (Å²) in [6.45, 7) is 7.15. The predicted molar refractivity (Wildman–Crippen MR) is 109 cm³/mol. The first kappa shape index (κ1) is 20.2. The number of anilines is 1. The SMILES string of the molecule is CC(C)(C)OC(=O)N1CCC(c2ccc3c(N4CCC(=O)NC4=O)noc3c2)CC1. The average Bonchev–Trinajstić information content (AvgIpc) is 3.10. The molecule has 9 heteroatoms. The summed E-state index contributed by atoms with van der Waals surface area (Å²) in [4.78, 5) is 38.9. The average molecular weight is 414 g/mol. The molecule has 4 amide bonds. The number of fused-ring (bicyclic) bond motifs is 1. The largest absolute Gasteiger partial charge is 0.444 e. The maximum atomic E-state index is 12.3. The number of aromatic nitrogens is 1. The summed E-state index contributed by atoms with van der Waals surface area (Å²) < 4.78 is 10.9. The van der Waals surface area contributed by atoms with E-state index in [9.17, 15) is 14.4 Å². The number of rotatable bonds is 2. The number of likely N-dealkylation sites (tertiary alicyclic amines) is 1. The van der Waals surface area contributed by atoms with E-state index in [1.165, 1.54) is 4.90 Å². The molecule has 9 nitrogen and oxygen atoms in total. The van der Waals surface area contributed by atoms with Crippen LogP contribution in [0.1, 0.15) is 51.5 Å². The van der Waals surface area contributed by atoms with Gasteiger partial charge >= 0.3 is 12.1 Å². The normalized spacial score (nSPS) is 18.6. The molecule has 0 atom stereocenters. The van der Waals surface area contributed by atoms with Gasteiger partial charge in [-0.3, -0.25) is 15.0 Å². The van der Waals surface area contributed by atoms with Gasteiger partial charge < -0.3 is 14.2 Å². The van der Waals surface area contributed by atoms with Crippen LogP contribution in [-0.2, 0) is 9.53 Å². The number of carbonyl (C=O) groups is 3. The van der Waals surface area contributed by atoms with Crippen LogP contribution < -0.4 is 10.2 Å². The molecule has 0 aliphatic carbocycles. The number of urea groups is 1. The molecule has 3 heterocycles. The number of benzene rings is 1. The van der Waals surface area contributed by atoms with E-state index < -0.39 is 11.6 Å². The summed E-state index contributed by atoms with van der Waals surface area (Å²) in [6.07, 6.45) is 1.63. The van der Waals surface area contributed by atoms with Crippen LogP contribution >= 0.6 is 0 Å². The summed E-state index contributed by atoms with van der Waals surface area (Å²) in [6, 6.07) is 5.39. The lowest BCUT2D eigenvalue weighted by atomic mass is 9.89. The van der Waals surface area contributed by atoms with E-state index in [4.69, 9.17) is 9.26 Å². The molecular formula is C21H26N4O5. The Labute approximate surface area is 174 Å². The first-order valence-electron chi connectivity index (χ1n) is 10.2. The van der Waals surface area contributed by atoms with Gasteiger partial charge in [0.25, 0.3) is 0 Å². The Bertz CT molecular complexity index is 985. The maximum Gasteiger partial charge on any atom is 0.410 e. The molecular weight excluding hydrogens is 388 g/mol. The molecule has 2 fully saturated rings. The molecule has 0 spiro atoms. The van der Waals surface area contributed by atoms with Gasteiger partial charge in [-0.15, -0.1) is 0 Å². The third-order valence-electron chi connectivity index (χ3n) is 5.40. The lowest BCUT2D eigenvalue weighted by Crippen LogP contribution is -2.49. The Morgan fingerprint density at radius 2 is 1.93 bits per heavy atom. The van der Waals surface area contributed by atoms with E-state index in [0.717, 1.165) is 23.8 Å². The summed E-state index contributed by atoms with van der Waals surface area (Å²) in [5.74, 6) is 0.433. The molecule has 1 aromatic carbocycles. The first-order valence-corrected chi connectivity index (χ1v) is 10.2. The van der Waals surface area contributed by atoms with E-state index >= 15 is 0 Å². The van der Waals surface area contributed by atoms with E-state index in [2.05, 4.69) is 10.5 Å². The maximum absolute atomic E-state index is 12.3. The number of imide groups is 1. The van der Waals surface area contributed by atoms with Crippen molar-refractivity contribution in [3.8, 4) is 0 Å². The Morgan fingerprint density at radius 1 is 1.20 bits per heavy atom. The van der Waals surface area contributed by atoms with Gasteiger partial charge in [0.05, 0.1) is 5.39 Å². The van der Waals surface area contributed by atoms with Crippen LogP contribution in [-0.4, -0.2) is 53.3 Å². The molecule has 0 bridgehead atoms. The van der Waals surface area contributed by atoms with Crippen molar-refractivity contribution in [3.63, 3.8) is 0 Å². The van der Waals surface area contributed by atoms with E-state index in [0.29, 0.717) is 30.4 Å². The van der Waals surface area contributed by atoms with Crippen LogP contribution in [0.2, 0.25) is 0 Å². The van der Waals surface area contributed by atoms with Gasteiger partial charge in [-0.1, -0.05) is 11.2 Å². The van der Waals surface area contributed by atoms with Gasteiger partial charge in [0.1, 0.15) is 5.60 Å². The minimum Gasteiger partial charge on any atom is -0.444 e. The quantitative estimate of drug-likeness (QED) is 0.808. The second-order valence-electron chi connectivity index (χ2n) is 8.76. The van der Waals surface area contributed by atoms with Gasteiger partial charge in [0.2, 0.25) is 5.91 Å². The zero-order valence-corrected chi connectivity index (χ0v) is 17.4. The van der Waals surface area contributed by atoms with Gasteiger partial charge in [0, 0.05) is 26.1 Å². The van der Waals surface area contributed by atoms with Crippen molar-refractivity contribution in [1.82, 2.24) is 15.4 Å². The Hall–Kier alpha value is -3.10. The van der Waals surface area contributed by atoms with Crippen molar-refractivity contribution in [3.05, 3.63) is 23.8 Å². The molecule has 2 aliphatic rings. The number of hydrogen-bond acceptors (Lipinski definition) is 6. The summed E-state index contributed by atoms with van der Waals surface area (Å²) >= 11 is 0. The van der Waals surface area contributed by atoms with Gasteiger partial charge in [-0.25, -0.2) is 9.59 Å². The van der Waals surface area contributed by atoms with Crippen molar-refractivity contribution in [2.75, 3.05) is 24.5 Å². The fraction of sp³-hybridized carbons (Fsp3) is 0.524. The Balaban J connectivity index is 1.45. The number of amides is 4. The van der Waals surface area contributed by atoms with Crippen LogP contribution in [0.3, 0.4) is 0 Å². The van der Waals surface area contributed by atoms with Crippen LogP contribution in [0.15, 0.2) is 22.7 Å². The second kappa shape index (κ2) is 7.62. The highest BCUT2D eigenvalue weighted by Gasteiger charge is 2.30. The molecule has 2 saturated heterocycles. The number of nitrogens with one attached hydrogen (secondary N) is 1. The monoisotopic (exact) mass is 414 g/mol. The molecule has 1 N–H and O–H groups in total. The van der Waals surface area contributed by atoms with Crippen molar-refractivity contribution < 1.29 is 23.6 Å². The smallest absolute Gasteiger partial charge is 0.410 e. The Morgan fingerprint density at radius 3 is 2.60 bits per heavy atom. The van der Waals surface area contributed by atoms with Crippen LogP contribution in [0.4, 0.5) is 15.4 Å². The topological polar surface area (TPSA) is 105 Å². The second-order valence-corrected chi connectivity index (χ2v) is 8.76. The number of ether oxygens (including phenoxy) is 1. The first-order chi connectivity index (χ1) is 14.2. The molecule has 0 saturated carbocycles. The number of piperidine rings is 1. The van der Waals surface area contributed by atoms with Crippen LogP contribution in [0.5, 0.6) is 0 Å². The van der Waals surface area contributed by atoms with Crippen molar-refractivity contribution in [1.29, 1.82) is 0 Å². The number of hydrogen-bond donors (Lipinski definition) is 1. The fourth-order valence-corrected chi connectivity index (χ4v) is 3.88. The molecule has 0 unspecified atom stereocenters. The third kappa shape index (κ3) is 4.10. The highest BCUT2D eigenvalue weighted by molar-refractivity contribution is 6.08. The highest BCUT2D eigenvalue weighted by atomic mass is 16.6. The summed E-state index contributed by atoms with van der Waals surface area (Å²) in [5.41, 5.74) is 1.22. The van der Waals surface area contributed by atoms with E-state index in [-0.39, 0.29) is 25.0 Å². The molecule has 30 heavy (non-hydrogen) atoms. The molecule has 1 aromatic heterocycles. The summed E-state index contributed by atoms with van der Waals surface area (Å²) in [7, 11) is 0. The predicted octanol–water partition coefficient (Wildman–Crippen LogP) is 3.39. The van der Waals surface area contributed by atoms with E-state index in [1.807, 2.05) is 39.0 Å². The standard InChI is InChI=1S/C21H26N4O5/c1-21(2,3)29-20(28)24-9-6-13(7-10-24)14-4-5-15-16(12-14)30-23-18(15)25-11-8-17(26)22-19(25)27/h4-5,12-13H,6-11H2,1-3H3,(H,22,26,27). The van der Waals surface area contributed by atoms with Crippen LogP contribution in [0, 0.1) is 0 Å². The molecule has 160 valence electrons. The van der Waals surface area contributed by atoms with Crippen LogP contribution in [0.25, 0.3) is 11.0 Å². The minimum atomic E-state index is -0.499. The number of carbonyl (C=O) groups excluding carboxylic acids is 3. The van der Waals surface area contributed by atoms with Gasteiger partial charge in [-0.05, 0) is 57.2 Å². The Kier molecular flexibility index (Phi) is 5.13. The molecule has 0 radical (unpaired) electrons. The van der Waals surface area contributed by atoms with Crippen molar-refractivity contribution >= 4 is 34.8 Å². The molecule has 2 aromatic rings. The van der Waals surface area contributed by atoms with E-state index in [1.54, 1.807) is 4.90 Å². The highest BCUT2D eigenvalue weighted by Crippen LogP contribution is 2.34. The summed E-state index contributed by atoms with van der Waals surface area (Å²) in [5, 5.41) is 7.09.